The molecule has 1 aromatic rings. The Bertz CT molecular complexity index is 80.8. The summed E-state index contributed by atoms with van der Waals surface area (Å²) in [7, 11) is 2.25. The minimum absolute atomic E-state index is 0. The van der Waals surface area contributed by atoms with Crippen LogP contribution in [-0.4, -0.2) is 5.11 Å². The molecule has 0 atom stereocenters. The summed E-state index contributed by atoms with van der Waals surface area (Å²) in [6.45, 7) is 0. The van der Waals surface area contributed by atoms with Gasteiger partial charge in [0.15, 0.2) is 0 Å². The van der Waals surface area contributed by atoms with Crippen molar-refractivity contribution in [3.8, 4) is 0 Å². The van der Waals surface area contributed by atoms with Gasteiger partial charge in [-0.3, -0.25) is 0 Å². The second-order valence-electron chi connectivity index (χ2n) is 1.08. The number of aliphatic hydroxyl groups is 1. The van der Waals surface area contributed by atoms with Gasteiger partial charge >= 0.3 is 32.7 Å². The molecule has 1 rings (SSSR count). The summed E-state index contributed by atoms with van der Waals surface area (Å²) in [6, 6.07) is 12.5. The third kappa shape index (κ3) is 8.28. The molecule has 0 aliphatic heterocycles. The minimum Gasteiger partial charge on any atom is -0.569 e. The third-order valence-electron chi connectivity index (χ3n) is 0.607. The zero-order valence-electron chi connectivity index (χ0n) is 5.12. The predicted molar refractivity (Wildman–Crippen MR) is 32.6 cm³/mol. The van der Waals surface area contributed by atoms with Crippen molar-refractivity contribution in [3.63, 3.8) is 0 Å². The average molecular weight is 197 g/mol. The first-order chi connectivity index (χ1) is 4.00. The first-order valence-electron chi connectivity index (χ1n) is 2.23. The summed E-state index contributed by atoms with van der Waals surface area (Å²) in [5, 5.41) is 6.75. The molecule has 0 saturated heterocycles. The Morgan fingerprint density at radius 2 is 1.44 bits per heavy atom. The normalized spacial score (nSPS) is 6.00. The van der Waals surface area contributed by atoms with Crippen LogP contribution in [0.25, 0.3) is 0 Å². The SMILES string of the molecule is [CH2-]O.[Y+3].[c-]1ccccc1. The Hall–Kier alpha value is 0.284. The van der Waals surface area contributed by atoms with Gasteiger partial charge in [-0.05, 0) is 0 Å². The van der Waals surface area contributed by atoms with Gasteiger partial charge in [0.2, 0.25) is 0 Å². The average Bonchev–Trinajstić information content (AvgIpc) is 1.96. The third-order valence-corrected chi connectivity index (χ3v) is 0.607. The Morgan fingerprint density at radius 1 is 1.00 bits per heavy atom. The molecule has 0 aliphatic rings. The standard InChI is InChI=1S/C6H5.CH3O.Y/c1-2-4-6-5-3-1;1-2;/h1-5H;2H,1H2;/q2*-1;+3. The van der Waals surface area contributed by atoms with Crippen molar-refractivity contribution in [2.45, 2.75) is 0 Å². The number of aliphatic hydroxyl groups excluding tert-OH is 1. The largest absolute Gasteiger partial charge is 3.00 e. The van der Waals surface area contributed by atoms with Gasteiger partial charge in [0, 0.05) is 0 Å². The van der Waals surface area contributed by atoms with Crippen molar-refractivity contribution < 1.29 is 37.8 Å². The van der Waals surface area contributed by atoms with Crippen molar-refractivity contribution in [1.29, 1.82) is 0 Å². The molecule has 1 nitrogen and oxygen atoms in total. The Labute approximate surface area is 81.0 Å². The molecule has 0 aliphatic carbocycles. The maximum Gasteiger partial charge on any atom is 3.00 e. The molecule has 0 heterocycles. The van der Waals surface area contributed by atoms with Gasteiger partial charge in [0.25, 0.3) is 0 Å². The number of hydrogen-bond acceptors (Lipinski definition) is 1. The van der Waals surface area contributed by atoms with Gasteiger partial charge in [-0.25, -0.2) is 7.11 Å². The molecule has 44 valence electrons. The molecule has 0 amide bonds. The van der Waals surface area contributed by atoms with Crippen LogP contribution in [-0.2, 0) is 32.7 Å². The smallest absolute Gasteiger partial charge is 0.569 e. The second-order valence-corrected chi connectivity index (χ2v) is 1.08. The van der Waals surface area contributed by atoms with Gasteiger partial charge in [0.05, 0.1) is 0 Å². The van der Waals surface area contributed by atoms with Crippen LogP contribution in [0.2, 0.25) is 0 Å². The van der Waals surface area contributed by atoms with E-state index in [9.17, 15) is 0 Å². The van der Waals surface area contributed by atoms with E-state index < -0.39 is 0 Å². The van der Waals surface area contributed by atoms with Crippen molar-refractivity contribution in [2.75, 3.05) is 0 Å². The van der Waals surface area contributed by atoms with Crippen molar-refractivity contribution in [2.24, 2.45) is 0 Å². The summed E-state index contributed by atoms with van der Waals surface area (Å²) in [5.41, 5.74) is 0. The first kappa shape index (κ1) is 12.0. The second kappa shape index (κ2) is 11.1. The van der Waals surface area contributed by atoms with E-state index in [1.165, 1.54) is 0 Å². The quantitative estimate of drug-likeness (QED) is 0.626. The maximum atomic E-state index is 6.75. The molecule has 1 aromatic carbocycles. The van der Waals surface area contributed by atoms with Crippen LogP contribution in [0.1, 0.15) is 0 Å². The Balaban J connectivity index is 0. The zero-order valence-corrected chi connectivity index (χ0v) is 7.96. The van der Waals surface area contributed by atoms with E-state index in [0.29, 0.717) is 0 Å². The molecule has 1 N–H and O–H groups in total. The van der Waals surface area contributed by atoms with Gasteiger partial charge < -0.3 is 5.11 Å². The van der Waals surface area contributed by atoms with Crippen LogP contribution in [0, 0.1) is 13.2 Å². The summed E-state index contributed by atoms with van der Waals surface area (Å²) in [5.74, 6) is 0. The topological polar surface area (TPSA) is 20.2 Å². The van der Waals surface area contributed by atoms with Crippen LogP contribution in [0.5, 0.6) is 0 Å². The zero-order chi connectivity index (χ0) is 6.24. The molecule has 9 heavy (non-hydrogen) atoms. The molecule has 0 unspecified atom stereocenters. The van der Waals surface area contributed by atoms with E-state index in [-0.39, 0.29) is 32.7 Å². The molecular weight excluding hydrogens is 189 g/mol. The molecule has 2 heteroatoms. The monoisotopic (exact) mass is 197 g/mol. The predicted octanol–water partition coefficient (Wildman–Crippen LogP) is 1.63. The summed E-state index contributed by atoms with van der Waals surface area (Å²) in [4.78, 5) is 0. The van der Waals surface area contributed by atoms with Crippen LogP contribution in [0.15, 0.2) is 30.3 Å². The summed E-state index contributed by atoms with van der Waals surface area (Å²) < 4.78 is 0. The van der Waals surface area contributed by atoms with Crippen LogP contribution in [0.4, 0.5) is 0 Å². The van der Waals surface area contributed by atoms with Crippen LogP contribution >= 0.6 is 0 Å². The van der Waals surface area contributed by atoms with E-state index in [2.05, 4.69) is 13.2 Å². The van der Waals surface area contributed by atoms with E-state index in [1.807, 2.05) is 30.3 Å². The van der Waals surface area contributed by atoms with Crippen LogP contribution in [0.3, 0.4) is 0 Å². The maximum absolute atomic E-state index is 6.75. The van der Waals surface area contributed by atoms with E-state index in [0.717, 1.165) is 0 Å². The minimum atomic E-state index is 0. The fraction of sp³-hybridized carbons (Fsp3) is 0. The van der Waals surface area contributed by atoms with Crippen molar-refractivity contribution in [3.05, 3.63) is 43.5 Å². The molecule has 0 aromatic heterocycles. The van der Waals surface area contributed by atoms with Gasteiger partial charge in [-0.2, -0.15) is 36.4 Å². The van der Waals surface area contributed by atoms with E-state index >= 15 is 0 Å². The molecule has 0 radical (unpaired) electrons. The van der Waals surface area contributed by atoms with Crippen molar-refractivity contribution >= 4 is 0 Å². The fourth-order valence-corrected chi connectivity index (χ4v) is 0.342. The summed E-state index contributed by atoms with van der Waals surface area (Å²) in [6.07, 6.45) is 0. The number of rotatable bonds is 0. The Morgan fingerprint density at radius 3 is 1.56 bits per heavy atom. The number of hydrogen-bond donors (Lipinski definition) is 1. The van der Waals surface area contributed by atoms with E-state index in [4.69, 9.17) is 5.11 Å². The Kier molecular flexibility index (Phi) is 14.9. The summed E-state index contributed by atoms with van der Waals surface area (Å²) >= 11 is 0. The molecular formula is C7H8OY+. The fourth-order valence-electron chi connectivity index (χ4n) is 0.342. The van der Waals surface area contributed by atoms with Gasteiger partial charge in [-0.15, -0.1) is 0 Å². The van der Waals surface area contributed by atoms with Crippen molar-refractivity contribution in [1.82, 2.24) is 0 Å². The number of benzene rings is 1. The van der Waals surface area contributed by atoms with Gasteiger partial charge in [0.1, 0.15) is 0 Å². The van der Waals surface area contributed by atoms with E-state index in [1.54, 1.807) is 0 Å². The molecule has 0 bridgehead atoms. The molecule has 0 saturated carbocycles. The van der Waals surface area contributed by atoms with Gasteiger partial charge in [-0.1, -0.05) is 0 Å². The van der Waals surface area contributed by atoms with Crippen LogP contribution < -0.4 is 0 Å². The molecule has 0 fully saturated rings. The molecule has 0 spiro atoms. The first-order valence-corrected chi connectivity index (χ1v) is 2.23.